The molecular weight excluding hydrogens is 210 g/mol. The molecule has 0 aromatic carbocycles. The number of hydrogen-bond donors (Lipinski definition) is 1. The predicted molar refractivity (Wildman–Crippen MR) is 61.6 cm³/mol. The molecule has 0 fully saturated rings. The number of carbonyl (C=O) groups is 1. The molecule has 16 heavy (non-hydrogen) atoms. The summed E-state index contributed by atoms with van der Waals surface area (Å²) in [6.07, 6.45) is 1.83. The number of nitrogens with one attached hydrogen (secondary N) is 1. The third-order valence-electron chi connectivity index (χ3n) is 1.80. The van der Waals surface area contributed by atoms with Crippen LogP contribution in [-0.4, -0.2) is 45.7 Å². The molecule has 0 aliphatic heterocycles. The molecule has 0 spiro atoms. The number of amides is 1. The summed E-state index contributed by atoms with van der Waals surface area (Å²) in [5, 5.41) is 2.53. The van der Waals surface area contributed by atoms with Crippen LogP contribution in [0, 0.1) is 0 Å². The Labute approximate surface area is 97.4 Å². The Balaban J connectivity index is 3.01. The molecule has 0 aliphatic carbocycles. The van der Waals surface area contributed by atoms with E-state index in [0.29, 0.717) is 26.4 Å². The van der Waals surface area contributed by atoms with Crippen LogP contribution in [0.25, 0.3) is 0 Å². The van der Waals surface area contributed by atoms with Crippen LogP contribution in [0.3, 0.4) is 0 Å². The second-order valence-corrected chi connectivity index (χ2v) is 3.24. The van der Waals surface area contributed by atoms with E-state index in [1.54, 1.807) is 0 Å². The van der Waals surface area contributed by atoms with Crippen molar-refractivity contribution in [2.45, 2.75) is 26.7 Å². The Hall–Kier alpha value is -0.810. The lowest BCUT2D eigenvalue weighted by Crippen LogP contribution is -2.25. The van der Waals surface area contributed by atoms with Gasteiger partial charge in [-0.1, -0.05) is 13.3 Å². The van der Waals surface area contributed by atoms with Crippen molar-refractivity contribution in [2.75, 3.05) is 39.6 Å². The van der Waals surface area contributed by atoms with Crippen molar-refractivity contribution < 1.29 is 19.0 Å². The highest BCUT2D eigenvalue weighted by Crippen LogP contribution is 1.88. The van der Waals surface area contributed by atoms with Crippen LogP contribution in [0.1, 0.15) is 26.7 Å². The minimum atomic E-state index is -0.398. The summed E-state index contributed by atoms with van der Waals surface area (Å²) >= 11 is 0. The summed E-state index contributed by atoms with van der Waals surface area (Å²) in [7, 11) is 0. The molecule has 0 saturated heterocycles. The Kier molecular flexibility index (Phi) is 11.6. The van der Waals surface area contributed by atoms with Crippen molar-refractivity contribution >= 4 is 6.09 Å². The summed E-state index contributed by atoms with van der Waals surface area (Å²) in [5.74, 6) is 0. The largest absolute Gasteiger partial charge is 0.447 e. The van der Waals surface area contributed by atoms with Gasteiger partial charge in [0.05, 0.1) is 19.8 Å². The SMILES string of the molecule is CCCCOCCOCCOC(=O)NCC. The van der Waals surface area contributed by atoms with Gasteiger partial charge >= 0.3 is 6.09 Å². The zero-order valence-electron chi connectivity index (χ0n) is 10.3. The lowest BCUT2D eigenvalue weighted by molar-refractivity contribution is 0.0275. The van der Waals surface area contributed by atoms with E-state index in [1.165, 1.54) is 0 Å². The Morgan fingerprint density at radius 1 is 1.00 bits per heavy atom. The van der Waals surface area contributed by atoms with Crippen LogP contribution < -0.4 is 5.32 Å². The second-order valence-electron chi connectivity index (χ2n) is 3.24. The van der Waals surface area contributed by atoms with Gasteiger partial charge in [0.1, 0.15) is 6.61 Å². The summed E-state index contributed by atoms with van der Waals surface area (Å²) in [6, 6.07) is 0. The third-order valence-corrected chi connectivity index (χ3v) is 1.80. The van der Waals surface area contributed by atoms with Crippen molar-refractivity contribution in [2.24, 2.45) is 0 Å². The average Bonchev–Trinajstić information content (AvgIpc) is 2.27. The number of ether oxygens (including phenoxy) is 3. The molecule has 1 amide bonds. The third kappa shape index (κ3) is 11.3. The van der Waals surface area contributed by atoms with Gasteiger partial charge in [-0.2, -0.15) is 0 Å². The lowest BCUT2D eigenvalue weighted by atomic mass is 10.4. The summed E-state index contributed by atoms with van der Waals surface area (Å²) < 4.78 is 15.3. The van der Waals surface area contributed by atoms with Gasteiger partial charge in [0.25, 0.3) is 0 Å². The van der Waals surface area contributed by atoms with Crippen molar-refractivity contribution in [1.82, 2.24) is 5.32 Å². The van der Waals surface area contributed by atoms with Crippen molar-refractivity contribution in [3.8, 4) is 0 Å². The number of carbonyl (C=O) groups excluding carboxylic acids is 1. The first-order chi connectivity index (χ1) is 7.81. The molecule has 0 bridgehead atoms. The van der Waals surface area contributed by atoms with Gasteiger partial charge in [-0.3, -0.25) is 0 Å². The topological polar surface area (TPSA) is 56.8 Å². The maximum atomic E-state index is 10.8. The molecule has 0 aromatic rings. The highest BCUT2D eigenvalue weighted by molar-refractivity contribution is 5.66. The zero-order chi connectivity index (χ0) is 12.1. The second kappa shape index (κ2) is 12.3. The molecule has 0 atom stereocenters. The van der Waals surface area contributed by atoms with Crippen LogP contribution >= 0.6 is 0 Å². The van der Waals surface area contributed by atoms with E-state index in [-0.39, 0.29) is 6.61 Å². The van der Waals surface area contributed by atoms with E-state index in [0.717, 1.165) is 19.4 Å². The fourth-order valence-corrected chi connectivity index (χ4v) is 0.957. The van der Waals surface area contributed by atoms with Crippen LogP contribution in [0.2, 0.25) is 0 Å². The Morgan fingerprint density at radius 3 is 2.25 bits per heavy atom. The van der Waals surface area contributed by atoms with E-state index in [1.807, 2.05) is 6.92 Å². The minimum absolute atomic E-state index is 0.279. The molecule has 0 rings (SSSR count). The molecule has 0 saturated carbocycles. The first kappa shape index (κ1) is 15.2. The van der Waals surface area contributed by atoms with E-state index in [2.05, 4.69) is 12.2 Å². The van der Waals surface area contributed by atoms with Gasteiger partial charge in [-0.25, -0.2) is 4.79 Å². The lowest BCUT2D eigenvalue weighted by Gasteiger charge is -2.06. The molecule has 5 heteroatoms. The van der Waals surface area contributed by atoms with Crippen LogP contribution in [0.15, 0.2) is 0 Å². The van der Waals surface area contributed by atoms with Gasteiger partial charge in [0.2, 0.25) is 0 Å². The normalized spacial score (nSPS) is 10.1. The van der Waals surface area contributed by atoms with Gasteiger partial charge in [0, 0.05) is 13.2 Å². The van der Waals surface area contributed by atoms with Gasteiger partial charge in [-0.05, 0) is 13.3 Å². The first-order valence-electron chi connectivity index (χ1n) is 5.87. The number of rotatable bonds is 10. The number of alkyl carbamates (subject to hydrolysis) is 1. The molecule has 0 aliphatic rings. The van der Waals surface area contributed by atoms with E-state index < -0.39 is 6.09 Å². The van der Waals surface area contributed by atoms with E-state index in [4.69, 9.17) is 14.2 Å². The fraction of sp³-hybridized carbons (Fsp3) is 0.909. The predicted octanol–water partition coefficient (Wildman–Crippen LogP) is 1.57. The van der Waals surface area contributed by atoms with Crippen molar-refractivity contribution in [1.29, 1.82) is 0 Å². The standard InChI is InChI=1S/C11H23NO4/c1-3-5-6-14-7-8-15-9-10-16-11(13)12-4-2/h3-10H2,1-2H3,(H,12,13). The molecule has 0 heterocycles. The summed E-state index contributed by atoms with van der Waals surface area (Å²) in [4.78, 5) is 10.8. The maximum Gasteiger partial charge on any atom is 0.407 e. The molecular formula is C11H23NO4. The van der Waals surface area contributed by atoms with E-state index in [9.17, 15) is 4.79 Å². The molecule has 96 valence electrons. The number of hydrogen-bond acceptors (Lipinski definition) is 4. The van der Waals surface area contributed by atoms with Gasteiger partial charge in [-0.15, -0.1) is 0 Å². The number of unbranched alkanes of at least 4 members (excludes halogenated alkanes) is 1. The molecule has 1 N–H and O–H groups in total. The monoisotopic (exact) mass is 233 g/mol. The Morgan fingerprint density at radius 2 is 1.62 bits per heavy atom. The minimum Gasteiger partial charge on any atom is -0.447 e. The van der Waals surface area contributed by atoms with Crippen molar-refractivity contribution in [3.05, 3.63) is 0 Å². The van der Waals surface area contributed by atoms with Gasteiger partial charge < -0.3 is 19.5 Å². The quantitative estimate of drug-likeness (QED) is 0.582. The Bertz CT molecular complexity index is 164. The smallest absolute Gasteiger partial charge is 0.407 e. The van der Waals surface area contributed by atoms with Crippen LogP contribution in [0.5, 0.6) is 0 Å². The first-order valence-corrected chi connectivity index (χ1v) is 5.87. The summed E-state index contributed by atoms with van der Waals surface area (Å²) in [6.45, 7) is 7.16. The molecule has 0 radical (unpaired) electrons. The average molecular weight is 233 g/mol. The van der Waals surface area contributed by atoms with Crippen LogP contribution in [-0.2, 0) is 14.2 Å². The summed E-state index contributed by atoms with van der Waals surface area (Å²) in [5.41, 5.74) is 0. The molecule has 5 nitrogen and oxygen atoms in total. The molecule has 0 unspecified atom stereocenters. The van der Waals surface area contributed by atoms with Crippen molar-refractivity contribution in [3.63, 3.8) is 0 Å². The van der Waals surface area contributed by atoms with Gasteiger partial charge in [0.15, 0.2) is 0 Å². The van der Waals surface area contributed by atoms with E-state index >= 15 is 0 Å². The maximum absolute atomic E-state index is 10.8. The molecule has 0 aromatic heterocycles. The zero-order valence-corrected chi connectivity index (χ0v) is 10.3. The highest BCUT2D eigenvalue weighted by atomic mass is 16.6. The van der Waals surface area contributed by atoms with Crippen LogP contribution in [0.4, 0.5) is 4.79 Å². The highest BCUT2D eigenvalue weighted by Gasteiger charge is 1.97. The fourth-order valence-electron chi connectivity index (χ4n) is 0.957.